The van der Waals surface area contributed by atoms with Gasteiger partial charge in [0.1, 0.15) is 0 Å². The second kappa shape index (κ2) is 11.6. The molecule has 1 aliphatic heterocycles. The average Bonchev–Trinajstić information content (AvgIpc) is 3.30. The molecule has 0 saturated carbocycles. The Morgan fingerprint density at radius 1 is 0.949 bits per heavy atom. The maximum absolute atomic E-state index is 10.3. The van der Waals surface area contributed by atoms with Gasteiger partial charge in [-0.15, -0.1) is 0 Å². The number of fused-ring (bicyclic) bond motifs is 2. The normalized spacial score (nSPS) is 15.9. The van der Waals surface area contributed by atoms with Gasteiger partial charge >= 0.3 is 7.12 Å². The van der Waals surface area contributed by atoms with E-state index in [0.717, 1.165) is 56.7 Å². The molecular formula is C34H33BN2O2. The van der Waals surface area contributed by atoms with E-state index < -0.39 is 7.12 Å². The first-order valence-corrected chi connectivity index (χ1v) is 13.3. The van der Waals surface area contributed by atoms with Gasteiger partial charge in [0.15, 0.2) is 0 Å². The lowest BCUT2D eigenvalue weighted by atomic mass is 9.79. The molecule has 0 fully saturated rings. The van der Waals surface area contributed by atoms with E-state index in [0.29, 0.717) is 12.0 Å². The molecule has 0 saturated heterocycles. The zero-order valence-corrected chi connectivity index (χ0v) is 22.5. The summed E-state index contributed by atoms with van der Waals surface area (Å²) in [4.78, 5) is 2.20. The van der Waals surface area contributed by atoms with Gasteiger partial charge in [-0.3, -0.25) is 0 Å². The SMILES string of the molecule is C=C1/C=C\C/C=C\CN(c2cc(B(O)O)cc(-n3cc(/C=C(C)\C=C/C)c4ccccc43)c2)c2ccccc21. The van der Waals surface area contributed by atoms with Crippen molar-refractivity contribution in [3.05, 3.63) is 133 Å². The largest absolute Gasteiger partial charge is 0.488 e. The molecule has 0 amide bonds. The maximum atomic E-state index is 10.3. The van der Waals surface area contributed by atoms with Gasteiger partial charge in [0, 0.05) is 46.3 Å². The third-order valence-electron chi connectivity index (χ3n) is 6.96. The van der Waals surface area contributed by atoms with Gasteiger partial charge in [0.25, 0.3) is 0 Å². The molecule has 1 aromatic heterocycles. The molecule has 5 rings (SSSR count). The van der Waals surface area contributed by atoms with Crippen LogP contribution in [0.25, 0.3) is 28.2 Å². The molecule has 4 aromatic rings. The van der Waals surface area contributed by atoms with Crippen LogP contribution in [0, 0.1) is 0 Å². The minimum absolute atomic E-state index is 0.430. The van der Waals surface area contributed by atoms with Gasteiger partial charge in [0.05, 0.1) is 5.52 Å². The van der Waals surface area contributed by atoms with Crippen LogP contribution in [0.5, 0.6) is 0 Å². The van der Waals surface area contributed by atoms with Crippen LogP contribution in [0.4, 0.5) is 11.4 Å². The fraction of sp³-hybridized carbons (Fsp3) is 0.118. The molecule has 0 aliphatic carbocycles. The van der Waals surface area contributed by atoms with Crippen molar-refractivity contribution in [2.24, 2.45) is 0 Å². The van der Waals surface area contributed by atoms with E-state index in [2.05, 4.69) is 96.0 Å². The molecule has 2 N–H and O–H groups in total. The van der Waals surface area contributed by atoms with Crippen LogP contribution >= 0.6 is 0 Å². The predicted molar refractivity (Wildman–Crippen MR) is 167 cm³/mol. The van der Waals surface area contributed by atoms with E-state index in [1.54, 1.807) is 0 Å². The van der Waals surface area contributed by atoms with Crippen LogP contribution in [-0.2, 0) is 0 Å². The summed E-state index contributed by atoms with van der Waals surface area (Å²) in [6, 6.07) is 22.3. The first kappa shape index (κ1) is 26.3. The fourth-order valence-corrected chi connectivity index (χ4v) is 5.13. The summed E-state index contributed by atoms with van der Waals surface area (Å²) < 4.78 is 2.13. The van der Waals surface area contributed by atoms with Gasteiger partial charge in [-0.1, -0.05) is 85.0 Å². The van der Waals surface area contributed by atoms with Crippen LogP contribution in [0.15, 0.2) is 122 Å². The Labute approximate surface area is 231 Å². The first-order valence-electron chi connectivity index (χ1n) is 13.3. The highest BCUT2D eigenvalue weighted by Gasteiger charge is 2.20. The van der Waals surface area contributed by atoms with Gasteiger partial charge in [-0.05, 0) is 67.7 Å². The Bertz CT molecular complexity index is 1640. The number of aromatic nitrogens is 1. The van der Waals surface area contributed by atoms with Crippen LogP contribution in [0.3, 0.4) is 0 Å². The number of para-hydroxylation sites is 2. The number of allylic oxidation sites excluding steroid dienone is 7. The van der Waals surface area contributed by atoms with E-state index >= 15 is 0 Å². The number of hydrogen-bond acceptors (Lipinski definition) is 3. The van der Waals surface area contributed by atoms with E-state index in [-0.39, 0.29) is 0 Å². The number of anilines is 2. The van der Waals surface area contributed by atoms with Gasteiger partial charge in [0.2, 0.25) is 0 Å². The summed E-state index contributed by atoms with van der Waals surface area (Å²) in [5.74, 6) is 0. The lowest BCUT2D eigenvalue weighted by Crippen LogP contribution is -2.31. The van der Waals surface area contributed by atoms with Crippen LogP contribution in [-0.4, -0.2) is 28.3 Å². The predicted octanol–water partition coefficient (Wildman–Crippen LogP) is 6.96. The first-order chi connectivity index (χ1) is 19.0. The molecule has 1 aliphatic rings. The Kier molecular flexibility index (Phi) is 7.83. The average molecular weight is 512 g/mol. The highest BCUT2D eigenvalue weighted by molar-refractivity contribution is 6.58. The van der Waals surface area contributed by atoms with E-state index in [9.17, 15) is 10.0 Å². The quantitative estimate of drug-likeness (QED) is 0.173. The zero-order chi connectivity index (χ0) is 27.4. The van der Waals surface area contributed by atoms with Gasteiger partial charge in [-0.2, -0.15) is 0 Å². The molecule has 5 heteroatoms. The van der Waals surface area contributed by atoms with Crippen molar-refractivity contribution < 1.29 is 10.0 Å². The number of nitrogens with zero attached hydrogens (tertiary/aromatic N) is 2. The lowest BCUT2D eigenvalue weighted by molar-refractivity contribution is 0.426. The summed E-state index contributed by atoms with van der Waals surface area (Å²) in [6.07, 6.45) is 17.7. The molecule has 194 valence electrons. The second-order valence-corrected chi connectivity index (χ2v) is 9.78. The second-order valence-electron chi connectivity index (χ2n) is 9.78. The minimum atomic E-state index is -1.61. The van der Waals surface area contributed by atoms with Crippen molar-refractivity contribution in [2.75, 3.05) is 11.4 Å². The third kappa shape index (κ3) is 5.60. The molecule has 39 heavy (non-hydrogen) atoms. The summed E-state index contributed by atoms with van der Waals surface area (Å²) in [7, 11) is -1.61. The molecule has 3 aromatic carbocycles. The van der Waals surface area contributed by atoms with E-state index in [4.69, 9.17) is 0 Å². The third-order valence-corrected chi connectivity index (χ3v) is 6.96. The van der Waals surface area contributed by atoms with Crippen molar-refractivity contribution >= 4 is 46.5 Å². The molecule has 0 bridgehead atoms. The van der Waals surface area contributed by atoms with Crippen LogP contribution in [0.1, 0.15) is 31.4 Å². The Morgan fingerprint density at radius 2 is 1.72 bits per heavy atom. The van der Waals surface area contributed by atoms with Gasteiger partial charge < -0.3 is 19.5 Å². The smallest absolute Gasteiger partial charge is 0.423 e. The van der Waals surface area contributed by atoms with Crippen molar-refractivity contribution in [2.45, 2.75) is 20.3 Å². The molecule has 0 atom stereocenters. The Balaban J connectivity index is 1.72. The minimum Gasteiger partial charge on any atom is -0.423 e. The highest BCUT2D eigenvalue weighted by Crippen LogP contribution is 2.35. The number of rotatable bonds is 5. The monoisotopic (exact) mass is 512 g/mol. The Hall–Kier alpha value is -4.32. The molecular weight excluding hydrogens is 479 g/mol. The molecule has 2 heterocycles. The van der Waals surface area contributed by atoms with Crippen molar-refractivity contribution in [1.82, 2.24) is 4.57 Å². The molecule has 0 spiro atoms. The highest BCUT2D eigenvalue weighted by atomic mass is 16.4. The fourth-order valence-electron chi connectivity index (χ4n) is 5.13. The zero-order valence-electron chi connectivity index (χ0n) is 22.5. The molecule has 4 nitrogen and oxygen atoms in total. The summed E-state index contributed by atoms with van der Waals surface area (Å²) in [5, 5.41) is 21.7. The molecule has 0 unspecified atom stereocenters. The van der Waals surface area contributed by atoms with Crippen LogP contribution in [0.2, 0.25) is 0 Å². The van der Waals surface area contributed by atoms with Crippen molar-refractivity contribution in [3.63, 3.8) is 0 Å². The summed E-state index contributed by atoms with van der Waals surface area (Å²) >= 11 is 0. The summed E-state index contributed by atoms with van der Waals surface area (Å²) in [6.45, 7) is 9.05. The van der Waals surface area contributed by atoms with E-state index in [1.807, 2.05) is 49.4 Å². The topological polar surface area (TPSA) is 48.6 Å². The van der Waals surface area contributed by atoms with Gasteiger partial charge in [-0.25, -0.2) is 0 Å². The number of hydrogen-bond donors (Lipinski definition) is 2. The van der Waals surface area contributed by atoms with Crippen molar-refractivity contribution in [3.8, 4) is 5.69 Å². The maximum Gasteiger partial charge on any atom is 0.488 e. The molecule has 0 radical (unpaired) electrons. The van der Waals surface area contributed by atoms with E-state index in [1.165, 1.54) is 0 Å². The lowest BCUT2D eigenvalue weighted by Gasteiger charge is -2.28. The standard InChI is InChI=1S/C34H33BN2O2/c1-4-13-25(2)20-27-24-37(34-18-11-9-16-32(27)34)30-22-28(35(38)39)21-29(23-30)36-19-12-6-5-7-14-26(3)31-15-8-10-17-33(31)36/h4,6-18,20-24,38-39H,3,5,19H2,1-2H3/b12-6-,13-4-,14-7-,25-20-. The number of benzene rings is 3. The van der Waals surface area contributed by atoms with Crippen LogP contribution < -0.4 is 10.4 Å². The van der Waals surface area contributed by atoms with Crippen molar-refractivity contribution in [1.29, 1.82) is 0 Å². The summed E-state index contributed by atoms with van der Waals surface area (Å²) in [5.41, 5.74) is 8.45. The Morgan fingerprint density at radius 3 is 2.54 bits per heavy atom.